The highest BCUT2D eigenvalue weighted by Gasteiger charge is 2.23. The molecule has 0 spiro atoms. The fourth-order valence-corrected chi connectivity index (χ4v) is 2.87. The monoisotopic (exact) mass is 314 g/mol. The van der Waals surface area contributed by atoms with Gasteiger partial charge in [-0.2, -0.15) is 0 Å². The zero-order valence-electron chi connectivity index (χ0n) is 11.1. The van der Waals surface area contributed by atoms with Gasteiger partial charge in [-0.25, -0.2) is 0 Å². The first-order valence-corrected chi connectivity index (χ1v) is 7.81. The van der Waals surface area contributed by atoms with Crippen LogP contribution in [0.4, 0.5) is 5.69 Å². The lowest BCUT2D eigenvalue weighted by Gasteiger charge is -2.11. The fraction of sp³-hybridized carbons (Fsp3) is 0.500. The third kappa shape index (κ3) is 4.30. The highest BCUT2D eigenvalue weighted by atomic mass is 35.5. The Balaban J connectivity index is 0.00000147. The van der Waals surface area contributed by atoms with Crippen molar-refractivity contribution in [2.75, 3.05) is 23.6 Å². The van der Waals surface area contributed by atoms with Gasteiger partial charge in [-0.3, -0.25) is 10.1 Å². The third-order valence-electron chi connectivity index (χ3n) is 3.34. The van der Waals surface area contributed by atoms with Gasteiger partial charge in [-0.15, -0.1) is 24.2 Å². The van der Waals surface area contributed by atoms with Gasteiger partial charge in [-0.05, 0) is 43.0 Å². The first-order chi connectivity index (χ1) is 9.31. The number of hydrogen-bond donors (Lipinski definition) is 2. The Labute approximate surface area is 129 Å². The summed E-state index contributed by atoms with van der Waals surface area (Å²) in [6.45, 7) is 0.814. The Morgan fingerprint density at radius 3 is 2.70 bits per heavy atom. The number of halogens is 1. The molecule has 1 aliphatic carbocycles. The number of nitrogens with one attached hydrogen (secondary N) is 2. The molecular weight excluding hydrogens is 296 g/mol. The molecule has 4 nitrogen and oxygen atoms in total. The molecule has 2 aliphatic rings. The first kappa shape index (κ1) is 15.5. The van der Waals surface area contributed by atoms with E-state index in [4.69, 9.17) is 4.74 Å². The molecule has 110 valence electrons. The molecule has 1 amide bonds. The maximum absolute atomic E-state index is 11.9. The minimum absolute atomic E-state index is 0. The number of ether oxygens (including phenoxy) is 1. The van der Waals surface area contributed by atoms with Gasteiger partial charge in [0.05, 0.1) is 12.6 Å². The Bertz CT molecular complexity index is 445. The van der Waals surface area contributed by atoms with Crippen LogP contribution in [0.15, 0.2) is 24.3 Å². The molecule has 0 radical (unpaired) electrons. The lowest BCUT2D eigenvalue weighted by Crippen LogP contribution is -2.37. The second-order valence-corrected chi connectivity index (χ2v) is 6.07. The lowest BCUT2D eigenvalue weighted by molar-refractivity contribution is -0.117. The van der Waals surface area contributed by atoms with E-state index >= 15 is 0 Å². The van der Waals surface area contributed by atoms with Gasteiger partial charge in [-0.1, -0.05) is 0 Å². The number of anilines is 1. The van der Waals surface area contributed by atoms with E-state index in [0.717, 1.165) is 35.6 Å². The van der Waals surface area contributed by atoms with Gasteiger partial charge in [0.1, 0.15) is 5.75 Å². The zero-order chi connectivity index (χ0) is 13.1. The third-order valence-corrected chi connectivity index (χ3v) is 4.28. The van der Waals surface area contributed by atoms with Gasteiger partial charge in [0.2, 0.25) is 5.91 Å². The summed E-state index contributed by atoms with van der Waals surface area (Å²) in [6, 6.07) is 7.53. The quantitative estimate of drug-likeness (QED) is 0.877. The van der Waals surface area contributed by atoms with E-state index in [1.807, 2.05) is 24.3 Å². The molecule has 1 saturated carbocycles. The average Bonchev–Trinajstić information content (AvgIpc) is 3.09. The van der Waals surface area contributed by atoms with Crippen molar-refractivity contribution >= 4 is 35.8 Å². The van der Waals surface area contributed by atoms with E-state index in [1.54, 1.807) is 11.8 Å². The van der Waals surface area contributed by atoms with Crippen LogP contribution in [0.1, 0.15) is 12.8 Å². The smallest absolute Gasteiger partial charge is 0.242 e. The van der Waals surface area contributed by atoms with Crippen LogP contribution in [-0.2, 0) is 4.79 Å². The molecule has 1 heterocycles. The van der Waals surface area contributed by atoms with Crippen molar-refractivity contribution in [3.63, 3.8) is 0 Å². The number of carbonyl (C=O) groups excluding carboxylic acids is 1. The van der Waals surface area contributed by atoms with E-state index in [2.05, 4.69) is 10.6 Å². The Morgan fingerprint density at radius 1 is 1.35 bits per heavy atom. The van der Waals surface area contributed by atoms with Crippen LogP contribution < -0.4 is 15.4 Å². The first-order valence-electron chi connectivity index (χ1n) is 6.66. The predicted octanol–water partition coefficient (Wildman–Crippen LogP) is 2.50. The Hall–Kier alpha value is -0.910. The molecule has 2 fully saturated rings. The molecule has 3 rings (SSSR count). The maximum atomic E-state index is 11.9. The van der Waals surface area contributed by atoms with Gasteiger partial charge in [0.25, 0.3) is 0 Å². The molecule has 0 aromatic heterocycles. The summed E-state index contributed by atoms with van der Waals surface area (Å²) >= 11 is 1.75. The molecule has 20 heavy (non-hydrogen) atoms. The topological polar surface area (TPSA) is 50.4 Å². The van der Waals surface area contributed by atoms with Crippen molar-refractivity contribution in [2.45, 2.75) is 18.9 Å². The zero-order valence-corrected chi connectivity index (χ0v) is 12.8. The van der Waals surface area contributed by atoms with E-state index < -0.39 is 0 Å². The number of carbonyl (C=O) groups is 1. The minimum Gasteiger partial charge on any atom is -0.493 e. The fourth-order valence-electron chi connectivity index (χ4n) is 1.93. The van der Waals surface area contributed by atoms with Crippen molar-refractivity contribution < 1.29 is 9.53 Å². The molecule has 1 aromatic carbocycles. The van der Waals surface area contributed by atoms with Gasteiger partial charge < -0.3 is 10.1 Å². The Kier molecular flexibility index (Phi) is 5.57. The standard InChI is InChI=1S/C14H18N2O2S.ClH/c17-14(13-8-19-9-15-13)16-11-3-5-12(6-4-11)18-7-10-1-2-10;/h3-6,10,13,15H,1-2,7-9H2,(H,16,17);1H. The molecule has 2 N–H and O–H groups in total. The van der Waals surface area contributed by atoms with Crippen LogP contribution in [-0.4, -0.2) is 30.2 Å². The van der Waals surface area contributed by atoms with Crippen LogP contribution >= 0.6 is 24.2 Å². The summed E-state index contributed by atoms with van der Waals surface area (Å²) in [5.74, 6) is 3.36. The molecule has 1 unspecified atom stereocenters. The summed E-state index contributed by atoms with van der Waals surface area (Å²) in [5, 5.41) is 6.07. The SMILES string of the molecule is Cl.O=C(Nc1ccc(OCC2CC2)cc1)C1CSCN1. The summed E-state index contributed by atoms with van der Waals surface area (Å²) in [5.41, 5.74) is 0.822. The van der Waals surface area contributed by atoms with Gasteiger partial charge in [0.15, 0.2) is 0 Å². The number of benzene rings is 1. The van der Waals surface area contributed by atoms with Crippen molar-refractivity contribution in [2.24, 2.45) is 5.92 Å². The van der Waals surface area contributed by atoms with E-state index in [-0.39, 0.29) is 24.4 Å². The summed E-state index contributed by atoms with van der Waals surface area (Å²) in [4.78, 5) is 11.9. The van der Waals surface area contributed by atoms with Crippen molar-refractivity contribution in [3.8, 4) is 5.75 Å². The normalized spacial score (nSPS) is 21.1. The van der Waals surface area contributed by atoms with E-state index in [9.17, 15) is 4.79 Å². The molecule has 1 saturated heterocycles. The van der Waals surface area contributed by atoms with Crippen LogP contribution in [0.25, 0.3) is 0 Å². The second-order valence-electron chi connectivity index (χ2n) is 5.04. The second kappa shape index (κ2) is 7.20. The number of rotatable bonds is 5. The molecule has 1 aromatic rings. The van der Waals surface area contributed by atoms with Crippen LogP contribution in [0.3, 0.4) is 0 Å². The predicted molar refractivity (Wildman–Crippen MR) is 84.8 cm³/mol. The average molecular weight is 315 g/mol. The highest BCUT2D eigenvalue weighted by molar-refractivity contribution is 7.99. The number of thioether (sulfide) groups is 1. The lowest BCUT2D eigenvalue weighted by atomic mass is 10.2. The number of amides is 1. The highest BCUT2D eigenvalue weighted by Crippen LogP contribution is 2.29. The molecular formula is C14H19ClN2O2S. The van der Waals surface area contributed by atoms with Crippen molar-refractivity contribution in [1.29, 1.82) is 0 Å². The maximum Gasteiger partial charge on any atom is 0.242 e. The summed E-state index contributed by atoms with van der Waals surface area (Å²) in [7, 11) is 0. The minimum atomic E-state index is -0.0733. The largest absolute Gasteiger partial charge is 0.493 e. The molecule has 1 atom stereocenters. The van der Waals surface area contributed by atoms with Gasteiger partial charge in [0, 0.05) is 17.3 Å². The Morgan fingerprint density at radius 2 is 2.10 bits per heavy atom. The number of hydrogen-bond acceptors (Lipinski definition) is 4. The van der Waals surface area contributed by atoms with Crippen LogP contribution in [0.5, 0.6) is 5.75 Å². The van der Waals surface area contributed by atoms with Crippen molar-refractivity contribution in [3.05, 3.63) is 24.3 Å². The van der Waals surface area contributed by atoms with Crippen molar-refractivity contribution in [1.82, 2.24) is 5.32 Å². The molecule has 1 aliphatic heterocycles. The molecule has 0 bridgehead atoms. The summed E-state index contributed by atoms with van der Waals surface area (Å²) in [6.07, 6.45) is 2.58. The molecule has 6 heteroatoms. The van der Waals surface area contributed by atoms with Crippen LogP contribution in [0, 0.1) is 5.92 Å². The van der Waals surface area contributed by atoms with Crippen LogP contribution in [0.2, 0.25) is 0 Å². The summed E-state index contributed by atoms with van der Waals surface area (Å²) < 4.78 is 5.66. The van der Waals surface area contributed by atoms with Gasteiger partial charge >= 0.3 is 0 Å². The van der Waals surface area contributed by atoms with E-state index in [0.29, 0.717) is 0 Å². The van der Waals surface area contributed by atoms with E-state index in [1.165, 1.54) is 12.8 Å².